The topological polar surface area (TPSA) is 21.3 Å². The van der Waals surface area contributed by atoms with Gasteiger partial charge in [0.2, 0.25) is 0 Å². The molecule has 3 aromatic heterocycles. The van der Waals surface area contributed by atoms with Crippen molar-refractivity contribution >= 4 is 103 Å². The van der Waals surface area contributed by atoms with E-state index >= 15 is 0 Å². The molecule has 11 aromatic rings. The van der Waals surface area contributed by atoms with Gasteiger partial charge in [0.15, 0.2) is 0 Å². The summed E-state index contributed by atoms with van der Waals surface area (Å²) in [6.45, 7) is 0. The van der Waals surface area contributed by atoms with E-state index in [-0.39, 0.29) is 0 Å². The fourth-order valence-corrected chi connectivity index (χ4v) is 9.03. The molecule has 0 atom stereocenters. The Hall–Kier alpha value is -6.36. The van der Waals surface area contributed by atoms with Crippen molar-refractivity contribution in [1.82, 2.24) is 4.57 Å². The van der Waals surface area contributed by atoms with Crippen LogP contribution < -0.4 is 4.90 Å². The second kappa shape index (κ2) is 10.6. The Morgan fingerprint density at radius 2 is 1.06 bits per heavy atom. The third-order valence-electron chi connectivity index (χ3n) is 10.2. The maximum Gasteiger partial charge on any atom is 0.143 e. The molecule has 0 radical (unpaired) electrons. The zero-order valence-corrected chi connectivity index (χ0v) is 27.7. The highest BCUT2D eigenvalue weighted by molar-refractivity contribution is 7.25. The molecule has 0 spiro atoms. The highest BCUT2D eigenvalue weighted by Gasteiger charge is 2.19. The van der Waals surface area contributed by atoms with Crippen LogP contribution in [0.25, 0.3) is 80.4 Å². The highest BCUT2D eigenvalue weighted by atomic mass is 32.1. The molecule has 0 saturated heterocycles. The maximum absolute atomic E-state index is 6.43. The molecular weight excluding hydrogens is 629 g/mol. The van der Waals surface area contributed by atoms with Crippen molar-refractivity contribution in [2.75, 3.05) is 4.90 Å². The average Bonchev–Trinajstić information content (AvgIpc) is 3.84. The smallest absolute Gasteiger partial charge is 0.143 e. The number of furan rings is 1. The first kappa shape index (κ1) is 27.6. The van der Waals surface area contributed by atoms with Crippen molar-refractivity contribution in [1.29, 1.82) is 0 Å². The number of aromatic nitrogens is 1. The average molecular weight is 657 g/mol. The lowest BCUT2D eigenvalue weighted by Gasteiger charge is -2.26. The standard InChI is InChI=1S/C46H28N2OS/c1-2-10-30(11-3-1)48-41-15-7-4-12-35(41)40-27-32(21-25-42(40)48)47(33-20-24-38-37-14-6-9-17-44(37)50-45(38)28-33)31-19-23-34-29(26-31)18-22-39-36-13-5-8-16-43(36)49-46(34)39/h1-28H. The van der Waals surface area contributed by atoms with Gasteiger partial charge in [0, 0.05) is 69.9 Å². The van der Waals surface area contributed by atoms with E-state index in [2.05, 4.69) is 167 Å². The van der Waals surface area contributed by atoms with Gasteiger partial charge in [-0.3, -0.25) is 0 Å². The fourth-order valence-electron chi connectivity index (χ4n) is 7.89. The first-order chi connectivity index (χ1) is 24.8. The second-order valence-electron chi connectivity index (χ2n) is 12.9. The summed E-state index contributed by atoms with van der Waals surface area (Å²) in [4.78, 5) is 2.40. The minimum atomic E-state index is 0.917. The number of para-hydroxylation sites is 3. The molecule has 0 aliphatic heterocycles. The summed E-state index contributed by atoms with van der Waals surface area (Å²) in [7, 11) is 0. The highest BCUT2D eigenvalue weighted by Crippen LogP contribution is 2.44. The quantitative estimate of drug-likeness (QED) is 0.188. The number of rotatable bonds is 4. The molecule has 0 fully saturated rings. The summed E-state index contributed by atoms with van der Waals surface area (Å²) < 4.78 is 11.4. The minimum Gasteiger partial charge on any atom is -0.455 e. The number of anilines is 3. The molecule has 234 valence electrons. The number of nitrogens with zero attached hydrogens (tertiary/aromatic N) is 2. The van der Waals surface area contributed by atoms with Gasteiger partial charge in [-0.25, -0.2) is 0 Å². The Bertz CT molecular complexity index is 3110. The van der Waals surface area contributed by atoms with Gasteiger partial charge in [0.1, 0.15) is 11.2 Å². The van der Waals surface area contributed by atoms with Crippen molar-refractivity contribution in [3.63, 3.8) is 0 Å². The second-order valence-corrected chi connectivity index (χ2v) is 14.0. The zero-order chi connectivity index (χ0) is 32.8. The van der Waals surface area contributed by atoms with Gasteiger partial charge >= 0.3 is 0 Å². The van der Waals surface area contributed by atoms with Gasteiger partial charge < -0.3 is 13.9 Å². The van der Waals surface area contributed by atoms with Crippen LogP contribution in [0.2, 0.25) is 0 Å². The molecule has 4 heteroatoms. The monoisotopic (exact) mass is 656 g/mol. The fraction of sp³-hybridized carbons (Fsp3) is 0. The van der Waals surface area contributed by atoms with Crippen LogP contribution in [0.3, 0.4) is 0 Å². The molecule has 8 aromatic carbocycles. The van der Waals surface area contributed by atoms with Crippen LogP contribution in [0, 0.1) is 0 Å². The SMILES string of the molecule is c1ccc(-n2c3ccccc3c3cc(N(c4ccc5c(ccc6c7ccccc7oc56)c4)c4ccc5c(c4)sc4ccccc45)ccc32)cc1. The zero-order valence-electron chi connectivity index (χ0n) is 26.9. The van der Waals surface area contributed by atoms with Crippen molar-refractivity contribution in [2.45, 2.75) is 0 Å². The summed E-state index contributed by atoms with van der Waals surface area (Å²) in [5.41, 5.74) is 8.72. The molecule has 0 bridgehead atoms. The number of benzene rings is 8. The van der Waals surface area contributed by atoms with Crippen LogP contribution in [-0.2, 0) is 0 Å². The number of fused-ring (bicyclic) bond motifs is 11. The largest absolute Gasteiger partial charge is 0.455 e. The molecule has 50 heavy (non-hydrogen) atoms. The van der Waals surface area contributed by atoms with E-state index in [0.717, 1.165) is 55.5 Å². The van der Waals surface area contributed by atoms with E-state index in [1.165, 1.54) is 42.0 Å². The van der Waals surface area contributed by atoms with Crippen molar-refractivity contribution < 1.29 is 4.42 Å². The summed E-state index contributed by atoms with van der Waals surface area (Å²) in [6, 6.07) is 61.4. The minimum absolute atomic E-state index is 0.917. The summed E-state index contributed by atoms with van der Waals surface area (Å²) in [5.74, 6) is 0. The van der Waals surface area contributed by atoms with Gasteiger partial charge in [-0.2, -0.15) is 0 Å². The van der Waals surface area contributed by atoms with Crippen LogP contribution in [-0.4, -0.2) is 4.57 Å². The van der Waals surface area contributed by atoms with Crippen LogP contribution in [0.4, 0.5) is 17.1 Å². The van der Waals surface area contributed by atoms with Gasteiger partial charge in [0.05, 0.1) is 11.0 Å². The Kier molecular flexibility index (Phi) is 5.83. The van der Waals surface area contributed by atoms with Gasteiger partial charge in [-0.1, -0.05) is 84.9 Å². The summed E-state index contributed by atoms with van der Waals surface area (Å²) in [6.07, 6.45) is 0. The van der Waals surface area contributed by atoms with E-state index in [4.69, 9.17) is 4.42 Å². The predicted molar refractivity (Wildman–Crippen MR) is 213 cm³/mol. The lowest BCUT2D eigenvalue weighted by atomic mass is 10.0. The molecule has 0 aliphatic rings. The molecule has 0 unspecified atom stereocenters. The Morgan fingerprint density at radius 1 is 0.420 bits per heavy atom. The van der Waals surface area contributed by atoms with Crippen LogP contribution in [0.5, 0.6) is 0 Å². The normalized spacial score (nSPS) is 12.0. The van der Waals surface area contributed by atoms with Crippen LogP contribution in [0.1, 0.15) is 0 Å². The summed E-state index contributed by atoms with van der Waals surface area (Å²) >= 11 is 1.85. The summed E-state index contributed by atoms with van der Waals surface area (Å²) in [5, 5.41) is 9.61. The van der Waals surface area contributed by atoms with Crippen molar-refractivity contribution in [2.24, 2.45) is 0 Å². The molecule has 3 heterocycles. The van der Waals surface area contributed by atoms with Crippen LogP contribution in [0.15, 0.2) is 174 Å². The van der Waals surface area contributed by atoms with Crippen LogP contribution >= 0.6 is 11.3 Å². The Morgan fingerprint density at radius 3 is 1.96 bits per heavy atom. The Balaban J connectivity index is 1.15. The lowest BCUT2D eigenvalue weighted by molar-refractivity contribution is 0.672. The third kappa shape index (κ3) is 4.03. The number of hydrogen-bond donors (Lipinski definition) is 0. The molecular formula is C46H28N2OS. The molecule has 0 N–H and O–H groups in total. The number of hydrogen-bond acceptors (Lipinski definition) is 3. The van der Waals surface area contributed by atoms with E-state index in [9.17, 15) is 0 Å². The molecule has 0 amide bonds. The molecule has 0 aliphatic carbocycles. The molecule has 11 rings (SSSR count). The number of thiophene rings is 1. The van der Waals surface area contributed by atoms with Crippen molar-refractivity contribution in [3.05, 3.63) is 170 Å². The van der Waals surface area contributed by atoms with Crippen molar-refractivity contribution in [3.8, 4) is 5.69 Å². The Labute approximate surface area is 291 Å². The first-order valence-corrected chi connectivity index (χ1v) is 17.7. The maximum atomic E-state index is 6.43. The van der Waals surface area contributed by atoms with E-state index in [0.29, 0.717) is 0 Å². The molecule has 0 saturated carbocycles. The van der Waals surface area contributed by atoms with Gasteiger partial charge in [-0.05, 0) is 90.3 Å². The van der Waals surface area contributed by atoms with Gasteiger partial charge in [-0.15, -0.1) is 11.3 Å². The van der Waals surface area contributed by atoms with Gasteiger partial charge in [0.25, 0.3) is 0 Å². The van der Waals surface area contributed by atoms with E-state index < -0.39 is 0 Å². The van der Waals surface area contributed by atoms with E-state index in [1.807, 2.05) is 23.5 Å². The molecule has 3 nitrogen and oxygen atoms in total. The third-order valence-corrected chi connectivity index (χ3v) is 11.3. The lowest BCUT2D eigenvalue weighted by Crippen LogP contribution is -2.09. The predicted octanol–water partition coefficient (Wildman–Crippen LogP) is 13.7. The first-order valence-electron chi connectivity index (χ1n) is 16.9. The van der Waals surface area contributed by atoms with E-state index in [1.54, 1.807) is 0 Å².